The van der Waals surface area contributed by atoms with Crippen LogP contribution in [0.15, 0.2) is 18.6 Å². The summed E-state index contributed by atoms with van der Waals surface area (Å²) >= 11 is 0. The Morgan fingerprint density at radius 2 is 2.26 bits per heavy atom. The molecule has 0 unspecified atom stereocenters. The molecule has 1 N–H and O–H groups in total. The second-order valence-electron chi connectivity index (χ2n) is 5.24. The Balaban J connectivity index is 1.63. The molecule has 0 radical (unpaired) electrons. The number of carbonyl (C=O) groups excluding carboxylic acids is 1. The second-order valence-corrected chi connectivity index (χ2v) is 5.24. The van der Waals surface area contributed by atoms with Crippen LogP contribution < -0.4 is 10.1 Å². The Bertz CT molecular complexity index is 667. The first-order valence-corrected chi connectivity index (χ1v) is 7.67. The zero-order valence-electron chi connectivity index (χ0n) is 13.2. The Kier molecular flexibility index (Phi) is 4.56. The number of aryl methyl sites for hydroxylation is 2. The summed E-state index contributed by atoms with van der Waals surface area (Å²) in [6.07, 6.45) is 4.69. The van der Waals surface area contributed by atoms with E-state index in [9.17, 15) is 4.79 Å². The van der Waals surface area contributed by atoms with E-state index in [0.29, 0.717) is 31.2 Å². The molecular weight excluding hydrogens is 300 g/mol. The SMILES string of the molecule is CCn1cc(O[C@@H]2COC[C@@H]2NC(=O)c2cnnn2CC)cn1. The van der Waals surface area contributed by atoms with Crippen molar-refractivity contribution in [1.82, 2.24) is 30.1 Å². The van der Waals surface area contributed by atoms with E-state index in [-0.39, 0.29) is 18.1 Å². The van der Waals surface area contributed by atoms with Crippen molar-refractivity contribution in [3.8, 4) is 5.75 Å². The fraction of sp³-hybridized carbons (Fsp3) is 0.571. The molecule has 3 rings (SSSR count). The zero-order chi connectivity index (χ0) is 16.2. The predicted octanol–water partition coefficient (Wildman–Crippen LogP) is 0.0906. The molecule has 2 aromatic heterocycles. The first kappa shape index (κ1) is 15.5. The van der Waals surface area contributed by atoms with Crippen LogP contribution in [0.5, 0.6) is 5.75 Å². The highest BCUT2D eigenvalue weighted by Crippen LogP contribution is 2.17. The minimum Gasteiger partial charge on any atom is -0.482 e. The van der Waals surface area contributed by atoms with E-state index in [1.165, 1.54) is 6.20 Å². The largest absolute Gasteiger partial charge is 0.482 e. The molecular formula is C14H20N6O3. The van der Waals surface area contributed by atoms with E-state index >= 15 is 0 Å². The van der Waals surface area contributed by atoms with Gasteiger partial charge in [0.05, 0.1) is 37.8 Å². The quantitative estimate of drug-likeness (QED) is 0.810. The first-order valence-electron chi connectivity index (χ1n) is 7.67. The molecule has 1 saturated heterocycles. The van der Waals surface area contributed by atoms with Crippen molar-refractivity contribution in [3.05, 3.63) is 24.3 Å². The van der Waals surface area contributed by atoms with E-state index in [1.54, 1.807) is 15.6 Å². The summed E-state index contributed by atoms with van der Waals surface area (Å²) in [5.74, 6) is 0.437. The van der Waals surface area contributed by atoms with Crippen LogP contribution in [0, 0.1) is 0 Å². The number of carbonyl (C=O) groups is 1. The topological polar surface area (TPSA) is 96.1 Å². The monoisotopic (exact) mass is 320 g/mol. The van der Waals surface area contributed by atoms with Crippen molar-refractivity contribution in [2.24, 2.45) is 0 Å². The van der Waals surface area contributed by atoms with E-state index < -0.39 is 0 Å². The maximum absolute atomic E-state index is 12.4. The number of rotatable bonds is 6. The van der Waals surface area contributed by atoms with E-state index in [4.69, 9.17) is 9.47 Å². The van der Waals surface area contributed by atoms with Crippen LogP contribution in [-0.4, -0.2) is 56.0 Å². The molecule has 124 valence electrons. The lowest BCUT2D eigenvalue weighted by atomic mass is 10.2. The Hall–Kier alpha value is -2.42. The van der Waals surface area contributed by atoms with Gasteiger partial charge in [0.15, 0.2) is 5.75 Å². The summed E-state index contributed by atoms with van der Waals surface area (Å²) in [6.45, 7) is 6.10. The van der Waals surface area contributed by atoms with Gasteiger partial charge in [-0.05, 0) is 13.8 Å². The minimum atomic E-state index is -0.251. The van der Waals surface area contributed by atoms with Gasteiger partial charge in [-0.3, -0.25) is 9.48 Å². The number of ether oxygens (including phenoxy) is 2. The fourth-order valence-electron chi connectivity index (χ4n) is 2.45. The Labute approximate surface area is 133 Å². The van der Waals surface area contributed by atoms with Crippen molar-refractivity contribution in [1.29, 1.82) is 0 Å². The van der Waals surface area contributed by atoms with Gasteiger partial charge < -0.3 is 14.8 Å². The summed E-state index contributed by atoms with van der Waals surface area (Å²) in [5.41, 5.74) is 0.428. The number of amides is 1. The molecule has 9 nitrogen and oxygen atoms in total. The first-order chi connectivity index (χ1) is 11.2. The number of aromatic nitrogens is 5. The molecule has 0 spiro atoms. The van der Waals surface area contributed by atoms with Gasteiger partial charge in [0.1, 0.15) is 11.8 Å². The van der Waals surface area contributed by atoms with Crippen molar-refractivity contribution in [3.63, 3.8) is 0 Å². The molecule has 0 aromatic carbocycles. The van der Waals surface area contributed by atoms with Gasteiger partial charge in [-0.15, -0.1) is 5.10 Å². The van der Waals surface area contributed by atoms with Crippen LogP contribution in [0.3, 0.4) is 0 Å². The zero-order valence-corrected chi connectivity index (χ0v) is 13.2. The van der Waals surface area contributed by atoms with Crippen LogP contribution in [0.25, 0.3) is 0 Å². The number of nitrogens with one attached hydrogen (secondary N) is 1. The molecule has 1 fully saturated rings. The van der Waals surface area contributed by atoms with Gasteiger partial charge in [0.2, 0.25) is 0 Å². The third-order valence-corrected chi connectivity index (χ3v) is 3.72. The summed E-state index contributed by atoms with van der Waals surface area (Å²) in [7, 11) is 0. The van der Waals surface area contributed by atoms with Crippen LogP contribution in [0.1, 0.15) is 24.3 Å². The summed E-state index contributed by atoms with van der Waals surface area (Å²) in [6, 6.07) is -0.229. The van der Waals surface area contributed by atoms with Crippen LogP contribution in [-0.2, 0) is 17.8 Å². The van der Waals surface area contributed by atoms with Crippen molar-refractivity contribution < 1.29 is 14.3 Å². The van der Waals surface area contributed by atoms with Crippen molar-refractivity contribution in [2.75, 3.05) is 13.2 Å². The van der Waals surface area contributed by atoms with Crippen molar-refractivity contribution >= 4 is 5.91 Å². The second kappa shape index (κ2) is 6.78. The number of nitrogens with zero attached hydrogens (tertiary/aromatic N) is 5. The standard InChI is InChI=1S/C14H20N6O3/c1-3-19-7-10(5-16-19)23-13-9-22-8-11(13)17-14(21)12-6-15-18-20(12)4-2/h5-7,11,13H,3-4,8-9H2,1-2H3,(H,17,21)/t11-,13+/m0/s1. The predicted molar refractivity (Wildman–Crippen MR) is 80.1 cm³/mol. The van der Waals surface area contributed by atoms with Gasteiger partial charge in [-0.25, -0.2) is 4.68 Å². The highest BCUT2D eigenvalue weighted by Gasteiger charge is 2.32. The molecule has 0 aliphatic carbocycles. The van der Waals surface area contributed by atoms with Crippen LogP contribution >= 0.6 is 0 Å². The average Bonchev–Trinajstić information content (AvgIpc) is 3.28. The molecule has 23 heavy (non-hydrogen) atoms. The van der Waals surface area contributed by atoms with Crippen LogP contribution in [0.2, 0.25) is 0 Å². The molecule has 0 saturated carbocycles. The highest BCUT2D eigenvalue weighted by atomic mass is 16.5. The van der Waals surface area contributed by atoms with Gasteiger partial charge in [0, 0.05) is 13.1 Å². The highest BCUT2D eigenvalue weighted by molar-refractivity contribution is 5.92. The lowest BCUT2D eigenvalue weighted by molar-refractivity contribution is 0.0893. The smallest absolute Gasteiger partial charge is 0.271 e. The fourth-order valence-corrected chi connectivity index (χ4v) is 2.45. The molecule has 2 atom stereocenters. The summed E-state index contributed by atoms with van der Waals surface area (Å²) < 4.78 is 14.7. The lowest BCUT2D eigenvalue weighted by Gasteiger charge is -2.19. The summed E-state index contributed by atoms with van der Waals surface area (Å²) in [4.78, 5) is 12.4. The lowest BCUT2D eigenvalue weighted by Crippen LogP contribution is -2.45. The van der Waals surface area contributed by atoms with E-state index in [1.807, 2.05) is 20.0 Å². The van der Waals surface area contributed by atoms with Gasteiger partial charge in [0.25, 0.3) is 5.91 Å². The van der Waals surface area contributed by atoms with Gasteiger partial charge in [-0.2, -0.15) is 5.10 Å². The third kappa shape index (κ3) is 3.34. The molecule has 9 heteroatoms. The Morgan fingerprint density at radius 3 is 3.00 bits per heavy atom. The molecule has 2 aromatic rings. The summed E-state index contributed by atoms with van der Waals surface area (Å²) in [5, 5.41) is 14.7. The van der Waals surface area contributed by atoms with Gasteiger partial charge >= 0.3 is 0 Å². The Morgan fingerprint density at radius 1 is 1.39 bits per heavy atom. The van der Waals surface area contributed by atoms with Crippen LogP contribution in [0.4, 0.5) is 0 Å². The van der Waals surface area contributed by atoms with Crippen molar-refractivity contribution in [2.45, 2.75) is 39.1 Å². The van der Waals surface area contributed by atoms with E-state index in [2.05, 4.69) is 20.7 Å². The molecule has 1 aliphatic heterocycles. The maximum atomic E-state index is 12.4. The normalized spacial score (nSPS) is 20.6. The maximum Gasteiger partial charge on any atom is 0.271 e. The number of hydrogen-bond donors (Lipinski definition) is 1. The third-order valence-electron chi connectivity index (χ3n) is 3.72. The average molecular weight is 320 g/mol. The molecule has 1 aliphatic rings. The van der Waals surface area contributed by atoms with E-state index in [0.717, 1.165) is 6.54 Å². The molecule has 3 heterocycles. The minimum absolute atomic E-state index is 0.229. The molecule has 1 amide bonds. The molecule has 0 bridgehead atoms. The number of hydrogen-bond acceptors (Lipinski definition) is 6. The van der Waals surface area contributed by atoms with Gasteiger partial charge in [-0.1, -0.05) is 5.21 Å².